The van der Waals surface area contributed by atoms with E-state index in [-0.39, 0.29) is 12.1 Å². The van der Waals surface area contributed by atoms with E-state index < -0.39 is 11.8 Å². The molecule has 3 aromatic rings. The molecule has 3 rings (SSSR count). The number of nitrogens with two attached hydrogens (primary N) is 1. The molecule has 0 atom stereocenters. The van der Waals surface area contributed by atoms with Crippen LogP contribution in [0.3, 0.4) is 0 Å². The van der Waals surface area contributed by atoms with Crippen LogP contribution in [0.4, 0.5) is 5.69 Å². The Morgan fingerprint density at radius 2 is 1.86 bits per heavy atom. The van der Waals surface area contributed by atoms with Gasteiger partial charge in [0, 0.05) is 22.9 Å². The number of hydrogen-bond donors (Lipinski definition) is 2. The van der Waals surface area contributed by atoms with E-state index in [1.165, 1.54) is 29.1 Å². The zero-order valence-corrected chi connectivity index (χ0v) is 15.1. The molecule has 0 aliphatic rings. The summed E-state index contributed by atoms with van der Waals surface area (Å²) >= 11 is 0. The number of primary amides is 1. The van der Waals surface area contributed by atoms with E-state index >= 15 is 0 Å². The van der Waals surface area contributed by atoms with Gasteiger partial charge in [-0.15, -0.1) is 0 Å². The fourth-order valence-corrected chi connectivity index (χ4v) is 2.62. The number of benzene rings is 2. The highest BCUT2D eigenvalue weighted by Gasteiger charge is 2.10. The van der Waals surface area contributed by atoms with E-state index in [0.29, 0.717) is 28.3 Å². The Labute approximate surface area is 160 Å². The summed E-state index contributed by atoms with van der Waals surface area (Å²) in [5.41, 5.74) is 6.79. The fraction of sp³-hybridized carbons (Fsp3) is 0.100. The molecule has 0 aliphatic carbocycles. The maximum absolute atomic E-state index is 12.4. The van der Waals surface area contributed by atoms with E-state index in [9.17, 15) is 14.4 Å². The second-order valence-corrected chi connectivity index (χ2v) is 5.93. The van der Waals surface area contributed by atoms with E-state index in [2.05, 4.69) is 10.3 Å². The van der Waals surface area contributed by atoms with Crippen molar-refractivity contribution in [3.63, 3.8) is 0 Å². The van der Waals surface area contributed by atoms with Crippen molar-refractivity contribution in [3.8, 4) is 17.0 Å². The first-order valence-electron chi connectivity index (χ1n) is 8.37. The van der Waals surface area contributed by atoms with Gasteiger partial charge in [-0.2, -0.15) is 0 Å². The number of aromatic nitrogens is 2. The summed E-state index contributed by atoms with van der Waals surface area (Å²) in [6.07, 6.45) is 1.32. The quantitative estimate of drug-likeness (QED) is 0.677. The lowest BCUT2D eigenvalue weighted by atomic mass is 10.1. The number of carbonyl (C=O) groups is 2. The topological polar surface area (TPSA) is 116 Å². The summed E-state index contributed by atoms with van der Waals surface area (Å²) in [7, 11) is 1.54. The maximum atomic E-state index is 12.4. The smallest absolute Gasteiger partial charge is 0.254 e. The number of hydrogen-bond acceptors (Lipinski definition) is 5. The first-order chi connectivity index (χ1) is 13.5. The summed E-state index contributed by atoms with van der Waals surface area (Å²) in [6, 6.07) is 14.7. The van der Waals surface area contributed by atoms with Crippen molar-refractivity contribution in [3.05, 3.63) is 76.8 Å². The zero-order chi connectivity index (χ0) is 20.1. The SMILES string of the molecule is COc1ccccc1-c1cc(=O)n(CC(=O)Nc2ccc(C(N)=O)cc2)cn1. The van der Waals surface area contributed by atoms with Gasteiger partial charge < -0.3 is 15.8 Å². The minimum absolute atomic E-state index is 0.199. The molecule has 1 heterocycles. The molecule has 8 heteroatoms. The molecule has 0 spiro atoms. The van der Waals surface area contributed by atoms with Gasteiger partial charge in [-0.25, -0.2) is 4.98 Å². The molecule has 1 aromatic heterocycles. The van der Waals surface area contributed by atoms with Crippen LogP contribution in [-0.4, -0.2) is 28.5 Å². The Balaban J connectivity index is 1.73. The van der Waals surface area contributed by atoms with Crippen LogP contribution in [-0.2, 0) is 11.3 Å². The predicted octanol–water partition coefficient (Wildman–Crippen LogP) is 1.66. The standard InChI is InChI=1S/C20H18N4O4/c1-28-17-5-3-2-4-15(17)16-10-19(26)24(12-22-16)11-18(25)23-14-8-6-13(7-9-14)20(21)27/h2-10,12H,11H2,1H3,(H2,21,27)(H,23,25). The number of rotatable bonds is 6. The highest BCUT2D eigenvalue weighted by molar-refractivity contribution is 5.94. The number of nitrogens with zero attached hydrogens (tertiary/aromatic N) is 2. The summed E-state index contributed by atoms with van der Waals surface area (Å²) in [6.45, 7) is -0.199. The van der Waals surface area contributed by atoms with Crippen molar-refractivity contribution in [1.29, 1.82) is 0 Å². The Hall–Kier alpha value is -3.94. The lowest BCUT2D eigenvalue weighted by Crippen LogP contribution is -2.27. The van der Waals surface area contributed by atoms with Gasteiger partial charge in [-0.1, -0.05) is 12.1 Å². The van der Waals surface area contributed by atoms with Crippen molar-refractivity contribution in [2.24, 2.45) is 5.73 Å². The van der Waals surface area contributed by atoms with Gasteiger partial charge in [0.05, 0.1) is 19.1 Å². The number of nitrogens with one attached hydrogen (secondary N) is 1. The van der Waals surface area contributed by atoms with Crippen LogP contribution < -0.4 is 21.3 Å². The first-order valence-corrected chi connectivity index (χ1v) is 8.37. The van der Waals surface area contributed by atoms with Crippen LogP contribution in [0.1, 0.15) is 10.4 Å². The number of para-hydroxylation sites is 1. The third-order valence-corrected chi connectivity index (χ3v) is 4.03. The van der Waals surface area contributed by atoms with Gasteiger partial charge in [-0.3, -0.25) is 19.0 Å². The Kier molecular flexibility index (Phi) is 5.50. The third-order valence-electron chi connectivity index (χ3n) is 4.03. The van der Waals surface area contributed by atoms with Crippen molar-refractivity contribution in [1.82, 2.24) is 9.55 Å². The van der Waals surface area contributed by atoms with Crippen molar-refractivity contribution in [2.75, 3.05) is 12.4 Å². The molecule has 2 aromatic carbocycles. The first kappa shape index (κ1) is 18.8. The van der Waals surface area contributed by atoms with Gasteiger partial charge >= 0.3 is 0 Å². The van der Waals surface area contributed by atoms with Crippen LogP contribution in [0.25, 0.3) is 11.3 Å². The van der Waals surface area contributed by atoms with E-state index in [0.717, 1.165) is 0 Å². The maximum Gasteiger partial charge on any atom is 0.254 e. The van der Waals surface area contributed by atoms with E-state index in [4.69, 9.17) is 10.5 Å². The second kappa shape index (κ2) is 8.17. The molecule has 142 valence electrons. The number of anilines is 1. The molecule has 0 aliphatic heterocycles. The van der Waals surface area contributed by atoms with Crippen LogP contribution in [0.15, 0.2) is 65.7 Å². The minimum Gasteiger partial charge on any atom is -0.496 e. The summed E-state index contributed by atoms with van der Waals surface area (Å²) in [5.74, 6) is -0.351. The van der Waals surface area contributed by atoms with E-state index in [1.807, 2.05) is 12.1 Å². The molecule has 28 heavy (non-hydrogen) atoms. The van der Waals surface area contributed by atoms with Crippen LogP contribution in [0.5, 0.6) is 5.75 Å². The predicted molar refractivity (Wildman–Crippen MR) is 104 cm³/mol. The molecule has 0 bridgehead atoms. The van der Waals surface area contributed by atoms with Crippen molar-refractivity contribution < 1.29 is 14.3 Å². The number of methoxy groups -OCH3 is 1. The number of amides is 2. The summed E-state index contributed by atoms with van der Waals surface area (Å²) < 4.78 is 6.48. The van der Waals surface area contributed by atoms with Gasteiger partial charge in [0.15, 0.2) is 0 Å². The highest BCUT2D eigenvalue weighted by Crippen LogP contribution is 2.26. The van der Waals surface area contributed by atoms with Gasteiger partial charge in [0.2, 0.25) is 11.8 Å². The van der Waals surface area contributed by atoms with Gasteiger partial charge in [-0.05, 0) is 36.4 Å². The average Bonchev–Trinajstić information content (AvgIpc) is 2.70. The molecule has 8 nitrogen and oxygen atoms in total. The lowest BCUT2D eigenvalue weighted by Gasteiger charge is -2.10. The van der Waals surface area contributed by atoms with Crippen molar-refractivity contribution in [2.45, 2.75) is 6.54 Å². The Bertz CT molecular complexity index is 1070. The molecule has 0 saturated carbocycles. The largest absolute Gasteiger partial charge is 0.496 e. The lowest BCUT2D eigenvalue weighted by molar-refractivity contribution is -0.116. The van der Waals surface area contributed by atoms with E-state index in [1.54, 1.807) is 31.4 Å². The molecular formula is C20H18N4O4. The number of ether oxygens (including phenoxy) is 1. The fourth-order valence-electron chi connectivity index (χ4n) is 2.62. The Morgan fingerprint density at radius 3 is 2.50 bits per heavy atom. The molecule has 0 fully saturated rings. The minimum atomic E-state index is -0.550. The van der Waals surface area contributed by atoms with Crippen LogP contribution in [0.2, 0.25) is 0 Å². The highest BCUT2D eigenvalue weighted by atomic mass is 16.5. The molecule has 3 N–H and O–H groups in total. The summed E-state index contributed by atoms with van der Waals surface area (Å²) in [5, 5.41) is 2.65. The molecule has 0 saturated heterocycles. The molecule has 2 amide bonds. The normalized spacial score (nSPS) is 10.3. The molecule has 0 unspecified atom stereocenters. The monoisotopic (exact) mass is 378 g/mol. The second-order valence-electron chi connectivity index (χ2n) is 5.93. The molecular weight excluding hydrogens is 360 g/mol. The number of carbonyl (C=O) groups excluding carboxylic acids is 2. The van der Waals surface area contributed by atoms with Gasteiger partial charge in [0.25, 0.3) is 5.56 Å². The Morgan fingerprint density at radius 1 is 1.14 bits per heavy atom. The molecule has 0 radical (unpaired) electrons. The van der Waals surface area contributed by atoms with Crippen LogP contribution >= 0.6 is 0 Å². The van der Waals surface area contributed by atoms with Crippen LogP contribution in [0, 0.1) is 0 Å². The summed E-state index contributed by atoms with van der Waals surface area (Å²) in [4.78, 5) is 39.9. The average molecular weight is 378 g/mol. The van der Waals surface area contributed by atoms with Crippen molar-refractivity contribution >= 4 is 17.5 Å². The zero-order valence-electron chi connectivity index (χ0n) is 15.1. The van der Waals surface area contributed by atoms with Gasteiger partial charge in [0.1, 0.15) is 12.3 Å². The third kappa shape index (κ3) is 4.24.